The molecule has 0 radical (unpaired) electrons. The normalized spacial score (nSPS) is 11.2. The molecule has 0 fully saturated rings. The summed E-state index contributed by atoms with van der Waals surface area (Å²) in [6.45, 7) is 1.98. The Morgan fingerprint density at radius 3 is 2.31 bits per heavy atom. The van der Waals surface area contributed by atoms with E-state index in [9.17, 15) is 12.8 Å². The highest BCUT2D eigenvalue weighted by Crippen LogP contribution is 2.26. The highest BCUT2D eigenvalue weighted by Gasteiger charge is 2.19. The summed E-state index contributed by atoms with van der Waals surface area (Å²) >= 11 is 0. The van der Waals surface area contributed by atoms with Crippen LogP contribution >= 0.6 is 0 Å². The number of nitrogens with one attached hydrogen (secondary N) is 2. The van der Waals surface area contributed by atoms with Gasteiger partial charge >= 0.3 is 0 Å². The number of sulfonamides is 1. The number of hydrogen-bond acceptors (Lipinski definition) is 4. The molecular formula is C27H18F2N4O2S. The molecule has 0 amide bonds. The number of pyridine rings is 1. The number of anilines is 1. The Hall–Kier alpha value is -4.55. The van der Waals surface area contributed by atoms with Crippen molar-refractivity contribution in [2.75, 3.05) is 4.72 Å². The van der Waals surface area contributed by atoms with Crippen LogP contribution in [0.4, 0.5) is 14.5 Å². The van der Waals surface area contributed by atoms with Gasteiger partial charge in [0.15, 0.2) is 11.5 Å². The van der Waals surface area contributed by atoms with E-state index in [1.807, 2.05) is 31.2 Å². The second kappa shape index (κ2) is 9.24. The number of aromatic amines is 1. The molecule has 2 aromatic heterocycles. The average Bonchev–Trinajstić information content (AvgIpc) is 3.34. The maximum atomic E-state index is 15.1. The number of fused-ring (bicyclic) bond motifs is 1. The van der Waals surface area contributed by atoms with Gasteiger partial charge in [0.1, 0.15) is 5.82 Å². The van der Waals surface area contributed by atoms with Crippen LogP contribution in [0, 0.1) is 30.4 Å². The summed E-state index contributed by atoms with van der Waals surface area (Å²) in [5.41, 5.74) is 2.89. The predicted molar refractivity (Wildman–Crippen MR) is 134 cm³/mol. The van der Waals surface area contributed by atoms with E-state index in [1.165, 1.54) is 18.3 Å². The molecule has 0 spiro atoms. The first-order valence-electron chi connectivity index (χ1n) is 10.8. The van der Waals surface area contributed by atoms with Crippen molar-refractivity contribution in [2.24, 2.45) is 0 Å². The van der Waals surface area contributed by atoms with Crippen LogP contribution in [0.2, 0.25) is 0 Å². The van der Waals surface area contributed by atoms with Gasteiger partial charge in [-0.3, -0.25) is 9.82 Å². The van der Waals surface area contributed by atoms with Gasteiger partial charge in [-0.25, -0.2) is 22.2 Å². The molecule has 2 N–H and O–H groups in total. The van der Waals surface area contributed by atoms with E-state index in [-0.39, 0.29) is 4.90 Å². The predicted octanol–water partition coefficient (Wildman–Crippen LogP) is 5.41. The zero-order chi connectivity index (χ0) is 25.3. The second-order valence-corrected chi connectivity index (χ2v) is 9.74. The molecule has 0 saturated carbocycles. The molecule has 36 heavy (non-hydrogen) atoms. The summed E-state index contributed by atoms with van der Waals surface area (Å²) in [4.78, 5) is 4.07. The monoisotopic (exact) mass is 500 g/mol. The quantitative estimate of drug-likeness (QED) is 0.323. The van der Waals surface area contributed by atoms with E-state index < -0.39 is 32.9 Å². The summed E-state index contributed by atoms with van der Waals surface area (Å²) in [6, 6.07) is 17.7. The summed E-state index contributed by atoms with van der Waals surface area (Å²) in [5, 5.41) is 7.25. The lowest BCUT2D eigenvalue weighted by Gasteiger charge is -2.11. The third-order valence-corrected chi connectivity index (χ3v) is 6.89. The molecule has 0 atom stereocenters. The lowest BCUT2D eigenvalue weighted by molar-refractivity contribution is 0.578. The van der Waals surface area contributed by atoms with E-state index >= 15 is 4.39 Å². The van der Waals surface area contributed by atoms with Crippen LogP contribution in [0.3, 0.4) is 0 Å². The standard InChI is InChI=1S/C27H18F2N4O2S/c1-17-2-5-19(6-3-17)20-7-9-22(10-8-20)36(34,35)33-25-13-12-24(28)23(26(25)29)11-4-18-14-21-16-31-32-27(21)30-15-18/h2-3,5-10,12-16,33H,1H3,(H,30,31,32). The summed E-state index contributed by atoms with van der Waals surface area (Å²) < 4.78 is 57.5. The zero-order valence-corrected chi connectivity index (χ0v) is 19.7. The molecule has 0 aliphatic carbocycles. The number of hydrogen-bond donors (Lipinski definition) is 2. The summed E-state index contributed by atoms with van der Waals surface area (Å²) in [6.07, 6.45) is 2.99. The SMILES string of the molecule is Cc1ccc(-c2ccc(S(=O)(=O)Nc3ccc(F)c(C#Cc4cnc5[nH]ncc5c4)c3F)cc2)cc1. The molecular weight excluding hydrogens is 482 g/mol. The Morgan fingerprint density at radius 2 is 1.58 bits per heavy atom. The highest BCUT2D eigenvalue weighted by atomic mass is 32.2. The number of halogens is 2. The van der Waals surface area contributed by atoms with Crippen molar-refractivity contribution < 1.29 is 17.2 Å². The van der Waals surface area contributed by atoms with E-state index in [4.69, 9.17) is 0 Å². The van der Waals surface area contributed by atoms with E-state index in [1.54, 1.807) is 24.4 Å². The molecule has 178 valence electrons. The van der Waals surface area contributed by atoms with Crippen LogP contribution in [0.15, 0.2) is 84.0 Å². The lowest BCUT2D eigenvalue weighted by Crippen LogP contribution is -2.14. The number of aromatic nitrogens is 3. The summed E-state index contributed by atoms with van der Waals surface area (Å²) in [7, 11) is -4.14. The molecule has 3 aromatic carbocycles. The number of aryl methyl sites for hydroxylation is 1. The first-order valence-corrected chi connectivity index (χ1v) is 12.3. The van der Waals surface area contributed by atoms with Gasteiger partial charge < -0.3 is 0 Å². The number of H-pyrrole nitrogens is 1. The molecule has 0 saturated heterocycles. The minimum absolute atomic E-state index is 0.0609. The lowest BCUT2D eigenvalue weighted by atomic mass is 10.0. The van der Waals surface area contributed by atoms with Crippen LogP contribution in [0.1, 0.15) is 16.7 Å². The Labute approximate surface area is 206 Å². The van der Waals surface area contributed by atoms with Gasteiger partial charge in [-0.05, 0) is 48.4 Å². The molecule has 6 nitrogen and oxygen atoms in total. The van der Waals surface area contributed by atoms with Crippen molar-refractivity contribution in [3.8, 4) is 23.0 Å². The Bertz CT molecular complexity index is 1750. The third kappa shape index (κ3) is 4.67. The molecule has 0 bridgehead atoms. The number of nitrogens with zero attached hydrogens (tertiary/aromatic N) is 2. The van der Waals surface area contributed by atoms with Crippen molar-refractivity contribution in [1.82, 2.24) is 15.2 Å². The molecule has 0 unspecified atom stereocenters. The fourth-order valence-corrected chi connectivity index (χ4v) is 4.62. The van der Waals surface area contributed by atoms with Gasteiger partial charge in [-0.1, -0.05) is 53.8 Å². The van der Waals surface area contributed by atoms with Gasteiger partial charge in [0.2, 0.25) is 0 Å². The topological polar surface area (TPSA) is 87.7 Å². The van der Waals surface area contributed by atoms with Crippen LogP contribution in [0.25, 0.3) is 22.2 Å². The van der Waals surface area contributed by atoms with Crippen molar-refractivity contribution in [1.29, 1.82) is 0 Å². The van der Waals surface area contributed by atoms with Gasteiger partial charge in [0, 0.05) is 17.1 Å². The smallest absolute Gasteiger partial charge is 0.261 e. The summed E-state index contributed by atoms with van der Waals surface area (Å²) in [5.74, 6) is 3.08. The van der Waals surface area contributed by atoms with E-state index in [0.29, 0.717) is 16.6 Å². The molecule has 0 aliphatic rings. The molecule has 0 aliphatic heterocycles. The first-order chi connectivity index (χ1) is 17.3. The fraction of sp³-hybridized carbons (Fsp3) is 0.0370. The zero-order valence-electron chi connectivity index (χ0n) is 18.9. The van der Waals surface area contributed by atoms with Crippen LogP contribution in [-0.4, -0.2) is 23.6 Å². The second-order valence-electron chi connectivity index (χ2n) is 8.06. The van der Waals surface area contributed by atoms with Crippen molar-refractivity contribution in [2.45, 2.75) is 11.8 Å². The van der Waals surface area contributed by atoms with E-state index in [2.05, 4.69) is 31.7 Å². The average molecular weight is 501 g/mol. The Kier molecular flexibility index (Phi) is 5.96. The van der Waals surface area contributed by atoms with Crippen LogP contribution in [0.5, 0.6) is 0 Å². The maximum absolute atomic E-state index is 15.1. The Balaban J connectivity index is 1.41. The van der Waals surface area contributed by atoms with Crippen LogP contribution < -0.4 is 4.72 Å². The van der Waals surface area contributed by atoms with Gasteiger partial charge in [-0.15, -0.1) is 0 Å². The van der Waals surface area contributed by atoms with Gasteiger partial charge in [0.25, 0.3) is 10.0 Å². The molecule has 5 rings (SSSR count). The highest BCUT2D eigenvalue weighted by molar-refractivity contribution is 7.92. The maximum Gasteiger partial charge on any atom is 0.261 e. The molecule has 2 heterocycles. The minimum atomic E-state index is -4.14. The Morgan fingerprint density at radius 1 is 0.889 bits per heavy atom. The third-order valence-electron chi connectivity index (χ3n) is 5.51. The van der Waals surface area contributed by atoms with Crippen molar-refractivity contribution in [3.05, 3.63) is 107 Å². The van der Waals surface area contributed by atoms with Gasteiger partial charge in [0.05, 0.1) is 22.3 Å². The molecule has 5 aromatic rings. The van der Waals surface area contributed by atoms with Crippen molar-refractivity contribution >= 4 is 26.7 Å². The number of benzene rings is 3. The largest absolute Gasteiger partial charge is 0.277 e. The first kappa shape index (κ1) is 23.2. The minimum Gasteiger partial charge on any atom is -0.277 e. The van der Waals surface area contributed by atoms with Crippen molar-refractivity contribution in [3.63, 3.8) is 0 Å². The van der Waals surface area contributed by atoms with Crippen LogP contribution in [-0.2, 0) is 10.0 Å². The fourth-order valence-electron chi connectivity index (χ4n) is 3.56. The van der Waals surface area contributed by atoms with E-state index in [0.717, 1.165) is 28.8 Å². The van der Waals surface area contributed by atoms with Gasteiger partial charge in [-0.2, -0.15) is 5.10 Å². The molecule has 9 heteroatoms. The number of rotatable bonds is 4.